The SMILES string of the molecule is CC(=O)Nc1cc(S(=O)(=O)O)cc2cc(S(=O)(=O)O)cc(O)c12.[NaH]. The van der Waals surface area contributed by atoms with Gasteiger partial charge in [0.05, 0.1) is 15.5 Å². The number of anilines is 1. The van der Waals surface area contributed by atoms with Crippen LogP contribution in [0.2, 0.25) is 0 Å². The van der Waals surface area contributed by atoms with Crippen LogP contribution in [0.4, 0.5) is 5.69 Å². The third-order valence-corrected chi connectivity index (χ3v) is 4.54. The van der Waals surface area contributed by atoms with Crippen LogP contribution in [0.15, 0.2) is 34.1 Å². The predicted octanol–water partition coefficient (Wildman–Crippen LogP) is 0.349. The molecule has 0 fully saturated rings. The van der Waals surface area contributed by atoms with Gasteiger partial charge in [0, 0.05) is 18.4 Å². The van der Waals surface area contributed by atoms with E-state index in [1.165, 1.54) is 0 Å². The van der Waals surface area contributed by atoms with Crippen molar-refractivity contribution in [1.82, 2.24) is 0 Å². The first-order valence-electron chi connectivity index (χ1n) is 5.93. The molecule has 0 saturated carbocycles. The standard InChI is InChI=1S/C12H11NO8S2.Na.H/c1-6(14)13-10-4-8(22(16,17)18)2-7-3-9(23(19,20)21)5-11(15)12(7)10;;/h2-5,15H,1H3,(H,13,14)(H,16,17,18)(H,19,20,21);;. The van der Waals surface area contributed by atoms with E-state index >= 15 is 0 Å². The number of fused-ring (bicyclic) bond motifs is 1. The van der Waals surface area contributed by atoms with Gasteiger partial charge in [0.2, 0.25) is 5.91 Å². The third kappa shape index (κ3) is 4.45. The first-order valence-corrected chi connectivity index (χ1v) is 8.81. The van der Waals surface area contributed by atoms with Crippen molar-refractivity contribution in [3.05, 3.63) is 24.3 Å². The number of aromatic hydroxyl groups is 1. The van der Waals surface area contributed by atoms with E-state index in [-0.39, 0.29) is 46.0 Å². The van der Waals surface area contributed by atoms with Gasteiger partial charge in [0.1, 0.15) is 5.75 Å². The molecule has 126 valence electrons. The van der Waals surface area contributed by atoms with Crippen LogP contribution in [0.3, 0.4) is 0 Å². The molecule has 0 aliphatic carbocycles. The quantitative estimate of drug-likeness (QED) is 0.435. The number of amides is 1. The molecule has 0 saturated heterocycles. The number of carbonyl (C=O) groups excluding carboxylic acids is 1. The van der Waals surface area contributed by atoms with Gasteiger partial charge in [-0.25, -0.2) is 0 Å². The van der Waals surface area contributed by atoms with Gasteiger partial charge < -0.3 is 10.4 Å². The summed E-state index contributed by atoms with van der Waals surface area (Å²) in [7, 11) is -9.32. The summed E-state index contributed by atoms with van der Waals surface area (Å²) in [6.45, 7) is 1.13. The number of benzene rings is 2. The Morgan fingerprint density at radius 1 is 0.958 bits per heavy atom. The number of hydrogen-bond donors (Lipinski definition) is 4. The monoisotopic (exact) mass is 385 g/mol. The molecule has 0 atom stereocenters. The molecule has 0 aliphatic heterocycles. The summed E-state index contributed by atoms with van der Waals surface area (Å²) in [4.78, 5) is 9.91. The molecule has 0 aromatic heterocycles. The number of hydrogen-bond acceptors (Lipinski definition) is 6. The van der Waals surface area contributed by atoms with Gasteiger partial charge in [0.15, 0.2) is 0 Å². The van der Waals surface area contributed by atoms with Crippen molar-refractivity contribution in [1.29, 1.82) is 0 Å². The van der Waals surface area contributed by atoms with Crippen molar-refractivity contribution in [2.75, 3.05) is 5.32 Å². The fourth-order valence-electron chi connectivity index (χ4n) is 2.02. The summed E-state index contributed by atoms with van der Waals surface area (Å²) in [5, 5.41) is 12.1. The van der Waals surface area contributed by atoms with E-state index in [1.54, 1.807) is 0 Å². The van der Waals surface area contributed by atoms with Crippen LogP contribution in [0.25, 0.3) is 10.8 Å². The zero-order chi connectivity index (χ0) is 17.6. The zero-order valence-corrected chi connectivity index (χ0v) is 13.1. The van der Waals surface area contributed by atoms with Crippen LogP contribution in [0, 0.1) is 0 Å². The van der Waals surface area contributed by atoms with Crippen molar-refractivity contribution in [3.8, 4) is 5.75 Å². The van der Waals surface area contributed by atoms with Crippen LogP contribution in [-0.2, 0) is 25.0 Å². The number of phenols is 1. The molecule has 0 unspecified atom stereocenters. The average Bonchev–Trinajstić information content (AvgIpc) is 2.34. The van der Waals surface area contributed by atoms with E-state index in [0.29, 0.717) is 0 Å². The van der Waals surface area contributed by atoms with Crippen LogP contribution in [0.5, 0.6) is 5.75 Å². The van der Waals surface area contributed by atoms with E-state index in [9.17, 15) is 26.7 Å². The molecule has 2 aromatic rings. The van der Waals surface area contributed by atoms with Gasteiger partial charge in [-0.1, -0.05) is 0 Å². The first kappa shape index (κ1) is 20.8. The Morgan fingerprint density at radius 3 is 1.83 bits per heavy atom. The van der Waals surface area contributed by atoms with Gasteiger partial charge >= 0.3 is 29.6 Å². The van der Waals surface area contributed by atoms with Crippen molar-refractivity contribution < 1.29 is 35.8 Å². The second kappa shape index (κ2) is 6.96. The van der Waals surface area contributed by atoms with Crippen molar-refractivity contribution >= 4 is 72.2 Å². The topological polar surface area (TPSA) is 158 Å². The summed E-state index contributed by atoms with van der Waals surface area (Å²) < 4.78 is 63.1. The Hall–Kier alpha value is -1.21. The van der Waals surface area contributed by atoms with Crippen LogP contribution in [0.1, 0.15) is 6.92 Å². The van der Waals surface area contributed by atoms with E-state index in [1.807, 2.05) is 0 Å². The Labute approximate surface area is 159 Å². The molecular formula is C12H12NNaO8S2. The summed E-state index contributed by atoms with van der Waals surface area (Å²) >= 11 is 0. The molecule has 0 heterocycles. The molecule has 0 spiro atoms. The molecule has 12 heteroatoms. The molecule has 0 aliphatic rings. The van der Waals surface area contributed by atoms with Crippen LogP contribution >= 0.6 is 0 Å². The second-order valence-electron chi connectivity index (χ2n) is 4.64. The Balaban J connectivity index is 0.00000288. The predicted molar refractivity (Wildman–Crippen MR) is 86.7 cm³/mol. The van der Waals surface area contributed by atoms with E-state index in [2.05, 4.69) is 5.32 Å². The van der Waals surface area contributed by atoms with Gasteiger partial charge in [-0.15, -0.1) is 0 Å². The second-order valence-corrected chi connectivity index (χ2v) is 7.49. The van der Waals surface area contributed by atoms with Gasteiger partial charge in [0.25, 0.3) is 20.2 Å². The maximum absolute atomic E-state index is 11.3. The molecule has 2 rings (SSSR count). The fraction of sp³-hybridized carbons (Fsp3) is 0.0833. The summed E-state index contributed by atoms with van der Waals surface area (Å²) in [6, 6.07) is 3.44. The molecule has 0 radical (unpaired) electrons. The van der Waals surface area contributed by atoms with Crippen molar-refractivity contribution in [3.63, 3.8) is 0 Å². The number of nitrogens with one attached hydrogen (secondary N) is 1. The Bertz CT molecular complexity index is 1030. The maximum atomic E-state index is 11.3. The van der Waals surface area contributed by atoms with Crippen LogP contribution in [-0.4, -0.2) is 66.5 Å². The molecule has 24 heavy (non-hydrogen) atoms. The van der Waals surface area contributed by atoms with E-state index in [4.69, 9.17) is 9.11 Å². The number of carbonyl (C=O) groups is 1. The van der Waals surface area contributed by atoms with Crippen molar-refractivity contribution in [2.24, 2.45) is 0 Å². The molecular weight excluding hydrogens is 373 g/mol. The molecule has 2 aromatic carbocycles. The van der Waals surface area contributed by atoms with Gasteiger partial charge in [-0.05, 0) is 23.6 Å². The van der Waals surface area contributed by atoms with Crippen LogP contribution < -0.4 is 5.32 Å². The van der Waals surface area contributed by atoms with Crippen molar-refractivity contribution in [2.45, 2.75) is 16.7 Å². The summed E-state index contributed by atoms with van der Waals surface area (Å²) in [5.41, 5.74) is -0.151. The molecule has 0 bridgehead atoms. The normalized spacial score (nSPS) is 11.8. The Kier molecular flexibility index (Phi) is 6.04. The summed E-state index contributed by atoms with van der Waals surface area (Å²) in [6.07, 6.45) is 0. The first-order chi connectivity index (χ1) is 10.4. The number of rotatable bonds is 3. The molecule has 4 N–H and O–H groups in total. The van der Waals surface area contributed by atoms with Gasteiger partial charge in [-0.2, -0.15) is 16.8 Å². The fourth-order valence-corrected chi connectivity index (χ4v) is 3.10. The number of phenolic OH excluding ortho intramolecular Hbond substituents is 1. The minimum absolute atomic E-state index is 0. The molecule has 9 nitrogen and oxygen atoms in total. The van der Waals surface area contributed by atoms with E-state index < -0.39 is 41.7 Å². The average molecular weight is 385 g/mol. The zero-order valence-electron chi connectivity index (χ0n) is 11.5. The minimum atomic E-state index is -4.66. The van der Waals surface area contributed by atoms with Gasteiger partial charge in [-0.3, -0.25) is 13.9 Å². The Morgan fingerprint density at radius 2 is 1.42 bits per heavy atom. The summed E-state index contributed by atoms with van der Waals surface area (Å²) in [5.74, 6) is -1.20. The molecule has 1 amide bonds. The van der Waals surface area contributed by atoms with E-state index in [0.717, 1.165) is 31.2 Å². The third-order valence-electron chi connectivity index (χ3n) is 2.88.